The molecular formula is C23H28N6S. The molecule has 4 heterocycles. The van der Waals surface area contributed by atoms with E-state index in [-0.39, 0.29) is 12.1 Å². The Morgan fingerprint density at radius 3 is 2.67 bits per heavy atom. The van der Waals surface area contributed by atoms with Crippen LogP contribution in [-0.4, -0.2) is 56.6 Å². The number of aryl methyl sites for hydroxylation is 1. The van der Waals surface area contributed by atoms with Gasteiger partial charge in [-0.25, -0.2) is 4.98 Å². The molecule has 1 fully saturated rings. The van der Waals surface area contributed by atoms with Gasteiger partial charge in [-0.15, -0.1) is 0 Å². The van der Waals surface area contributed by atoms with E-state index in [0.29, 0.717) is 0 Å². The molecule has 7 heteroatoms. The first-order valence-electron chi connectivity index (χ1n) is 10.3. The van der Waals surface area contributed by atoms with Gasteiger partial charge in [0.05, 0.1) is 17.8 Å². The Morgan fingerprint density at radius 1 is 1.10 bits per heavy atom. The topological polar surface area (TPSA) is 49.2 Å². The molecule has 30 heavy (non-hydrogen) atoms. The zero-order chi connectivity index (χ0) is 21.1. The summed E-state index contributed by atoms with van der Waals surface area (Å²) in [5.41, 5.74) is 3.29. The van der Waals surface area contributed by atoms with Crippen molar-refractivity contribution in [2.75, 3.05) is 27.2 Å². The number of rotatable bonds is 7. The summed E-state index contributed by atoms with van der Waals surface area (Å²) < 4.78 is 2.16. The van der Waals surface area contributed by atoms with Gasteiger partial charge in [0.25, 0.3) is 0 Å². The average Bonchev–Trinajstić information content (AvgIpc) is 3.34. The van der Waals surface area contributed by atoms with Gasteiger partial charge in [-0.3, -0.25) is 4.98 Å². The molecule has 0 bridgehead atoms. The highest BCUT2D eigenvalue weighted by atomic mass is 32.1. The van der Waals surface area contributed by atoms with E-state index in [1.54, 1.807) is 0 Å². The van der Waals surface area contributed by atoms with Gasteiger partial charge in [0, 0.05) is 30.8 Å². The monoisotopic (exact) mass is 420 g/mol. The summed E-state index contributed by atoms with van der Waals surface area (Å²) in [5, 5.41) is 4.31. The second kappa shape index (κ2) is 8.93. The van der Waals surface area contributed by atoms with Crippen molar-refractivity contribution in [1.82, 2.24) is 29.7 Å². The summed E-state index contributed by atoms with van der Waals surface area (Å²) in [5.74, 6) is 0.909. The smallest absolute Gasteiger partial charge is 0.170 e. The van der Waals surface area contributed by atoms with E-state index in [9.17, 15) is 0 Å². The van der Waals surface area contributed by atoms with Crippen LogP contribution in [0.25, 0.3) is 5.82 Å². The summed E-state index contributed by atoms with van der Waals surface area (Å²) in [4.78, 5) is 13.8. The summed E-state index contributed by atoms with van der Waals surface area (Å²) in [7, 11) is 4.20. The number of aromatic nitrogens is 3. The van der Waals surface area contributed by atoms with E-state index in [1.165, 1.54) is 0 Å². The van der Waals surface area contributed by atoms with E-state index >= 15 is 0 Å². The van der Waals surface area contributed by atoms with Crippen molar-refractivity contribution in [2.45, 2.75) is 25.4 Å². The fourth-order valence-corrected chi connectivity index (χ4v) is 4.30. The lowest BCUT2D eigenvalue weighted by Gasteiger charge is -2.29. The maximum absolute atomic E-state index is 5.77. The van der Waals surface area contributed by atoms with Gasteiger partial charge in [0.2, 0.25) is 0 Å². The molecule has 3 aromatic rings. The second-order valence-electron chi connectivity index (χ2n) is 7.97. The van der Waals surface area contributed by atoms with Crippen LogP contribution in [0.5, 0.6) is 0 Å². The van der Waals surface area contributed by atoms with Crippen LogP contribution in [0.3, 0.4) is 0 Å². The Morgan fingerprint density at radius 2 is 1.97 bits per heavy atom. The van der Waals surface area contributed by atoms with Crippen molar-refractivity contribution in [3.63, 3.8) is 0 Å². The van der Waals surface area contributed by atoms with Crippen molar-refractivity contribution in [3.05, 3.63) is 78.0 Å². The number of nitrogens with zero attached hydrogens (tertiary/aromatic N) is 5. The molecule has 0 amide bonds. The van der Waals surface area contributed by atoms with Crippen LogP contribution in [0.1, 0.15) is 35.5 Å². The van der Waals surface area contributed by atoms with Crippen molar-refractivity contribution in [1.29, 1.82) is 0 Å². The van der Waals surface area contributed by atoms with Crippen molar-refractivity contribution >= 4 is 17.3 Å². The largest absolute Gasteiger partial charge is 0.352 e. The summed E-state index contributed by atoms with van der Waals surface area (Å²) in [6.07, 6.45) is 6.85. The fraction of sp³-hybridized carbons (Fsp3) is 0.348. The molecule has 2 unspecified atom stereocenters. The number of hydrogen-bond acceptors (Lipinski definition) is 4. The van der Waals surface area contributed by atoms with E-state index in [4.69, 9.17) is 12.2 Å². The Balaban J connectivity index is 1.73. The third kappa shape index (κ3) is 4.22. The zero-order valence-electron chi connectivity index (χ0n) is 17.7. The van der Waals surface area contributed by atoms with Crippen LogP contribution in [-0.2, 0) is 0 Å². The molecule has 0 spiro atoms. The van der Waals surface area contributed by atoms with Crippen molar-refractivity contribution < 1.29 is 0 Å². The maximum atomic E-state index is 5.77. The Hall–Kier alpha value is -2.77. The van der Waals surface area contributed by atoms with Crippen LogP contribution >= 0.6 is 12.2 Å². The number of thiocarbonyl (C=S) groups is 1. The van der Waals surface area contributed by atoms with Crippen LogP contribution in [0.2, 0.25) is 0 Å². The molecule has 1 aliphatic rings. The minimum atomic E-state index is -0.0165. The van der Waals surface area contributed by atoms with Crippen LogP contribution < -0.4 is 5.32 Å². The number of pyridine rings is 2. The highest BCUT2D eigenvalue weighted by molar-refractivity contribution is 7.80. The molecule has 3 aromatic heterocycles. The van der Waals surface area contributed by atoms with E-state index < -0.39 is 0 Å². The molecular weight excluding hydrogens is 392 g/mol. The van der Waals surface area contributed by atoms with E-state index in [2.05, 4.69) is 87.2 Å². The number of nitrogens with one attached hydrogen (secondary N) is 1. The third-order valence-corrected chi connectivity index (χ3v) is 5.78. The van der Waals surface area contributed by atoms with Gasteiger partial charge in [-0.2, -0.15) is 0 Å². The van der Waals surface area contributed by atoms with Crippen molar-refractivity contribution in [2.24, 2.45) is 0 Å². The number of hydrogen-bond donors (Lipinski definition) is 1. The standard InChI is InChI=1S/C23H28N6S/c1-17-10-11-20(25-16-17)28-14-6-9-19(28)22-21(18-8-4-5-12-24-18)26-23(30)29(22)15-7-13-27(2)3/h4-6,8-12,14,16,21-22H,7,13,15H2,1-3H3,(H,26,30). The lowest BCUT2D eigenvalue weighted by atomic mass is 10.0. The molecule has 1 N–H and O–H groups in total. The summed E-state index contributed by atoms with van der Waals surface area (Å²) in [6, 6.07) is 14.4. The molecule has 2 atom stereocenters. The molecule has 156 valence electrons. The predicted octanol–water partition coefficient (Wildman–Crippen LogP) is 3.50. The molecule has 0 radical (unpaired) electrons. The summed E-state index contributed by atoms with van der Waals surface area (Å²) in [6.45, 7) is 3.95. The first-order chi connectivity index (χ1) is 14.5. The third-order valence-electron chi connectivity index (χ3n) is 5.43. The molecule has 4 rings (SSSR count). The highest BCUT2D eigenvalue weighted by Crippen LogP contribution is 2.39. The molecule has 6 nitrogen and oxygen atoms in total. The first kappa shape index (κ1) is 20.5. The maximum Gasteiger partial charge on any atom is 0.170 e. The SMILES string of the molecule is Cc1ccc(-n2cccc2C2C(c3ccccn3)NC(=S)N2CCCN(C)C)nc1. The Labute approximate surface area is 183 Å². The zero-order valence-corrected chi connectivity index (χ0v) is 18.5. The van der Waals surface area contributed by atoms with Gasteiger partial charge in [-0.05, 0) is 82.1 Å². The highest BCUT2D eigenvalue weighted by Gasteiger charge is 2.41. The molecule has 0 aromatic carbocycles. The van der Waals surface area contributed by atoms with Crippen LogP contribution in [0.4, 0.5) is 0 Å². The fourth-order valence-electron chi connectivity index (χ4n) is 3.97. The Kier molecular flexibility index (Phi) is 6.11. The lowest BCUT2D eigenvalue weighted by molar-refractivity contribution is 0.286. The van der Waals surface area contributed by atoms with Gasteiger partial charge in [0.1, 0.15) is 5.82 Å². The minimum absolute atomic E-state index is 0.0165. The van der Waals surface area contributed by atoms with E-state index in [0.717, 1.165) is 47.4 Å². The Bertz CT molecular complexity index is 982. The van der Waals surface area contributed by atoms with Gasteiger partial charge in [0.15, 0.2) is 5.11 Å². The average molecular weight is 421 g/mol. The predicted molar refractivity (Wildman–Crippen MR) is 124 cm³/mol. The van der Waals surface area contributed by atoms with Gasteiger partial charge >= 0.3 is 0 Å². The minimum Gasteiger partial charge on any atom is -0.352 e. The second-order valence-corrected chi connectivity index (χ2v) is 8.36. The molecule has 0 saturated carbocycles. The van der Waals surface area contributed by atoms with E-state index in [1.807, 2.05) is 24.5 Å². The van der Waals surface area contributed by atoms with Crippen LogP contribution in [0.15, 0.2) is 61.1 Å². The summed E-state index contributed by atoms with van der Waals surface area (Å²) >= 11 is 5.77. The van der Waals surface area contributed by atoms with Crippen molar-refractivity contribution in [3.8, 4) is 5.82 Å². The molecule has 0 aliphatic carbocycles. The van der Waals surface area contributed by atoms with Gasteiger partial charge in [-0.1, -0.05) is 12.1 Å². The van der Waals surface area contributed by atoms with Crippen LogP contribution in [0, 0.1) is 6.92 Å². The quantitative estimate of drug-likeness (QED) is 0.591. The molecule has 1 saturated heterocycles. The van der Waals surface area contributed by atoms with Gasteiger partial charge < -0.3 is 19.7 Å². The first-order valence-corrected chi connectivity index (χ1v) is 10.7. The molecule has 1 aliphatic heterocycles. The lowest BCUT2D eigenvalue weighted by Crippen LogP contribution is -2.33. The normalized spacial score (nSPS) is 18.8.